The van der Waals surface area contributed by atoms with Crippen LogP contribution in [-0.2, 0) is 4.74 Å². The molecule has 0 unspecified atom stereocenters. The molecule has 2 aromatic heterocycles. The number of fused-ring (bicyclic) bond motifs is 3. The molecule has 0 aliphatic rings. The van der Waals surface area contributed by atoms with Crippen LogP contribution in [0.25, 0.3) is 21.1 Å². The monoisotopic (exact) mass is 265 g/mol. The summed E-state index contributed by atoms with van der Waals surface area (Å²) in [6.45, 7) is 0. The van der Waals surface area contributed by atoms with Gasteiger partial charge in [0.2, 0.25) is 0 Å². The Balaban J connectivity index is 2.28. The third kappa shape index (κ3) is 1.61. The van der Waals surface area contributed by atoms with Crippen molar-refractivity contribution in [2.45, 2.75) is 0 Å². The van der Waals surface area contributed by atoms with E-state index in [0.29, 0.717) is 9.90 Å². The van der Waals surface area contributed by atoms with E-state index in [-0.39, 0.29) is 5.97 Å². The van der Waals surface area contributed by atoms with Crippen LogP contribution in [0.2, 0.25) is 5.02 Å². The summed E-state index contributed by atoms with van der Waals surface area (Å²) in [4.78, 5) is 15.3. The van der Waals surface area contributed by atoms with Crippen molar-refractivity contribution in [1.82, 2.24) is 4.98 Å². The highest BCUT2D eigenvalue weighted by molar-refractivity contribution is 7.21. The molecule has 0 aliphatic heterocycles. The van der Waals surface area contributed by atoms with E-state index in [1.54, 1.807) is 6.07 Å². The Hall–Kier alpha value is -1.52. The normalized spacial score (nSPS) is 11.2. The number of methoxy groups -OCH3 is 1. The average molecular weight is 266 g/mol. The highest BCUT2D eigenvalue weighted by Gasteiger charge is 2.14. The maximum atomic E-state index is 11.4. The first-order valence-electron chi connectivity index (χ1n) is 4.98. The molecular formula is C12H8ClNO2S. The number of nitrogens with one attached hydrogen (secondary N) is 1. The lowest BCUT2D eigenvalue weighted by Gasteiger charge is -1.93. The summed E-state index contributed by atoms with van der Waals surface area (Å²) in [5, 5.41) is 1.77. The second-order valence-electron chi connectivity index (χ2n) is 3.66. The standard InChI is InChI=1S/C12H8ClNO2S/c1-16-12(15)10-5-9-11(17-10)7-3-2-6(13)4-8(7)14-9/h2-5,14H,1H3. The molecule has 5 heteroatoms. The summed E-state index contributed by atoms with van der Waals surface area (Å²) >= 11 is 7.35. The molecular weight excluding hydrogens is 258 g/mol. The van der Waals surface area contributed by atoms with E-state index >= 15 is 0 Å². The Morgan fingerprint density at radius 2 is 2.18 bits per heavy atom. The van der Waals surface area contributed by atoms with Gasteiger partial charge in [-0.3, -0.25) is 0 Å². The summed E-state index contributed by atoms with van der Waals surface area (Å²) in [6, 6.07) is 7.48. The van der Waals surface area contributed by atoms with Gasteiger partial charge in [0.15, 0.2) is 0 Å². The third-order valence-corrected chi connectivity index (χ3v) is 4.00. The first kappa shape index (κ1) is 10.6. The Morgan fingerprint density at radius 3 is 2.94 bits per heavy atom. The average Bonchev–Trinajstić information content (AvgIpc) is 2.84. The second-order valence-corrected chi connectivity index (χ2v) is 5.15. The highest BCUT2D eigenvalue weighted by Crippen LogP contribution is 2.34. The smallest absolute Gasteiger partial charge is 0.348 e. The molecule has 0 bridgehead atoms. The van der Waals surface area contributed by atoms with Crippen molar-refractivity contribution in [1.29, 1.82) is 0 Å². The largest absolute Gasteiger partial charge is 0.465 e. The van der Waals surface area contributed by atoms with Crippen LogP contribution in [0.1, 0.15) is 9.67 Å². The van der Waals surface area contributed by atoms with Gasteiger partial charge < -0.3 is 9.72 Å². The number of esters is 1. The number of H-pyrrole nitrogens is 1. The molecule has 17 heavy (non-hydrogen) atoms. The fourth-order valence-corrected chi connectivity index (χ4v) is 3.09. The van der Waals surface area contributed by atoms with Gasteiger partial charge in [-0.2, -0.15) is 0 Å². The summed E-state index contributed by atoms with van der Waals surface area (Å²) in [7, 11) is 1.38. The molecule has 1 N–H and O–H groups in total. The number of carbonyl (C=O) groups excluding carboxylic acids is 1. The Labute approximate surface area is 106 Å². The molecule has 2 heterocycles. The lowest BCUT2D eigenvalue weighted by atomic mass is 10.2. The molecule has 0 saturated carbocycles. The fourth-order valence-electron chi connectivity index (χ4n) is 1.85. The Morgan fingerprint density at radius 1 is 1.35 bits per heavy atom. The van der Waals surface area contributed by atoms with Gasteiger partial charge in [-0.25, -0.2) is 4.79 Å². The van der Waals surface area contributed by atoms with Crippen molar-refractivity contribution >= 4 is 50.0 Å². The second kappa shape index (κ2) is 3.75. The van der Waals surface area contributed by atoms with Gasteiger partial charge in [0.25, 0.3) is 0 Å². The minimum atomic E-state index is -0.304. The maximum Gasteiger partial charge on any atom is 0.348 e. The van der Waals surface area contributed by atoms with Crippen LogP contribution in [0.5, 0.6) is 0 Å². The number of thiophene rings is 1. The molecule has 0 saturated heterocycles. The van der Waals surface area contributed by atoms with Crippen molar-refractivity contribution in [3.63, 3.8) is 0 Å². The maximum absolute atomic E-state index is 11.4. The Kier molecular flexibility index (Phi) is 2.34. The number of ether oxygens (including phenoxy) is 1. The summed E-state index contributed by atoms with van der Waals surface area (Å²) in [5.74, 6) is -0.304. The molecule has 3 aromatic rings. The van der Waals surface area contributed by atoms with E-state index in [4.69, 9.17) is 16.3 Å². The molecule has 0 radical (unpaired) electrons. The molecule has 3 nitrogen and oxygen atoms in total. The Bertz CT molecular complexity index is 729. The van der Waals surface area contributed by atoms with Crippen molar-refractivity contribution < 1.29 is 9.53 Å². The van der Waals surface area contributed by atoms with E-state index in [9.17, 15) is 4.79 Å². The molecule has 0 atom stereocenters. The predicted octanol–water partition coefficient (Wildman–Crippen LogP) is 3.82. The SMILES string of the molecule is COC(=O)c1cc2[nH]c3cc(Cl)ccc3c2s1. The minimum Gasteiger partial charge on any atom is -0.465 e. The quantitative estimate of drug-likeness (QED) is 0.680. The summed E-state index contributed by atoms with van der Waals surface area (Å²) in [5.41, 5.74) is 1.92. The first-order valence-corrected chi connectivity index (χ1v) is 6.17. The zero-order chi connectivity index (χ0) is 12.0. The van der Waals surface area contributed by atoms with Crippen LogP contribution < -0.4 is 0 Å². The number of aromatic amines is 1. The number of hydrogen-bond donors (Lipinski definition) is 1. The number of carbonyl (C=O) groups is 1. The number of halogens is 1. The third-order valence-electron chi connectivity index (χ3n) is 2.61. The molecule has 0 amide bonds. The fraction of sp³-hybridized carbons (Fsp3) is 0.0833. The molecule has 86 valence electrons. The predicted molar refractivity (Wildman–Crippen MR) is 70.0 cm³/mol. The van der Waals surface area contributed by atoms with Crippen molar-refractivity contribution in [2.75, 3.05) is 7.11 Å². The molecule has 3 rings (SSSR count). The van der Waals surface area contributed by atoms with E-state index < -0.39 is 0 Å². The van der Waals surface area contributed by atoms with Gasteiger partial charge in [-0.05, 0) is 24.3 Å². The topological polar surface area (TPSA) is 42.1 Å². The van der Waals surface area contributed by atoms with Crippen LogP contribution in [0.15, 0.2) is 24.3 Å². The van der Waals surface area contributed by atoms with Gasteiger partial charge in [-0.1, -0.05) is 11.6 Å². The van der Waals surface area contributed by atoms with Gasteiger partial charge >= 0.3 is 5.97 Å². The van der Waals surface area contributed by atoms with Crippen LogP contribution in [0, 0.1) is 0 Å². The molecule has 0 fully saturated rings. The van der Waals surface area contributed by atoms with Gasteiger partial charge in [-0.15, -0.1) is 11.3 Å². The molecule has 0 spiro atoms. The van der Waals surface area contributed by atoms with Crippen molar-refractivity contribution in [2.24, 2.45) is 0 Å². The van der Waals surface area contributed by atoms with E-state index in [0.717, 1.165) is 21.1 Å². The van der Waals surface area contributed by atoms with Crippen LogP contribution in [-0.4, -0.2) is 18.1 Å². The zero-order valence-electron chi connectivity index (χ0n) is 8.91. The van der Waals surface area contributed by atoms with E-state index in [1.165, 1.54) is 18.4 Å². The number of aromatic nitrogens is 1. The minimum absolute atomic E-state index is 0.304. The molecule has 0 aliphatic carbocycles. The number of benzene rings is 1. The van der Waals surface area contributed by atoms with Gasteiger partial charge in [0, 0.05) is 15.9 Å². The van der Waals surface area contributed by atoms with Crippen LogP contribution in [0.3, 0.4) is 0 Å². The number of hydrogen-bond acceptors (Lipinski definition) is 3. The van der Waals surface area contributed by atoms with E-state index in [2.05, 4.69) is 4.98 Å². The lowest BCUT2D eigenvalue weighted by molar-refractivity contribution is 0.0606. The highest BCUT2D eigenvalue weighted by atomic mass is 35.5. The first-order chi connectivity index (χ1) is 8.19. The van der Waals surface area contributed by atoms with Gasteiger partial charge in [0.05, 0.1) is 17.3 Å². The number of rotatable bonds is 1. The lowest BCUT2D eigenvalue weighted by Crippen LogP contribution is -1.96. The molecule has 1 aromatic carbocycles. The van der Waals surface area contributed by atoms with E-state index in [1.807, 2.05) is 18.2 Å². The van der Waals surface area contributed by atoms with Crippen LogP contribution in [0.4, 0.5) is 0 Å². The summed E-state index contributed by atoms with van der Waals surface area (Å²) < 4.78 is 5.76. The summed E-state index contributed by atoms with van der Waals surface area (Å²) in [6.07, 6.45) is 0. The van der Waals surface area contributed by atoms with Gasteiger partial charge in [0.1, 0.15) is 4.88 Å². The van der Waals surface area contributed by atoms with Crippen LogP contribution >= 0.6 is 22.9 Å². The van der Waals surface area contributed by atoms with Crippen molar-refractivity contribution in [3.05, 3.63) is 34.2 Å². The zero-order valence-corrected chi connectivity index (χ0v) is 10.5. The van der Waals surface area contributed by atoms with Crippen molar-refractivity contribution in [3.8, 4) is 0 Å².